The van der Waals surface area contributed by atoms with Crippen molar-refractivity contribution in [2.75, 3.05) is 25.9 Å². The van der Waals surface area contributed by atoms with Crippen LogP contribution < -0.4 is 24.7 Å². The molecule has 0 saturated heterocycles. The van der Waals surface area contributed by atoms with Gasteiger partial charge in [-0.3, -0.25) is 0 Å². The molecule has 0 amide bonds. The van der Waals surface area contributed by atoms with E-state index in [2.05, 4.69) is 0 Å². The number of methoxy groups -OCH3 is 2. The minimum atomic E-state index is -0.359. The summed E-state index contributed by atoms with van der Waals surface area (Å²) in [5.41, 5.74) is 2.84. The molecule has 26 heavy (non-hydrogen) atoms. The quantitative estimate of drug-likeness (QED) is 0.672. The first kappa shape index (κ1) is 16.3. The fourth-order valence-corrected chi connectivity index (χ4v) is 3.29. The van der Waals surface area contributed by atoms with Crippen LogP contribution in [0.1, 0.15) is 11.1 Å². The molecule has 0 bridgehead atoms. The Hall–Kier alpha value is -3.15. The first-order chi connectivity index (χ1) is 12.6. The Balaban J connectivity index is 1.81. The highest BCUT2D eigenvalue weighted by Crippen LogP contribution is 2.38. The van der Waals surface area contributed by atoms with Gasteiger partial charge in [-0.15, -0.1) is 0 Å². The second-order valence-electron chi connectivity index (χ2n) is 6.18. The number of aryl methyl sites for hydroxylation is 1. The lowest BCUT2D eigenvalue weighted by molar-refractivity contribution is 0.286. The zero-order valence-electron chi connectivity index (χ0n) is 14.9. The van der Waals surface area contributed by atoms with Gasteiger partial charge in [0, 0.05) is 17.5 Å². The number of hydrogen-bond donors (Lipinski definition) is 0. The molecule has 134 valence electrons. The lowest BCUT2D eigenvalue weighted by Crippen LogP contribution is -2.32. The Labute approximate surface area is 150 Å². The van der Waals surface area contributed by atoms with E-state index < -0.39 is 0 Å². The normalized spacial score (nSPS) is 13.3. The third-order valence-corrected chi connectivity index (χ3v) is 4.63. The Morgan fingerprint density at radius 2 is 1.92 bits per heavy atom. The molecule has 3 aromatic rings. The molecule has 0 radical (unpaired) electrons. The first-order valence-electron chi connectivity index (χ1n) is 8.27. The van der Waals surface area contributed by atoms with E-state index in [1.807, 2.05) is 42.2 Å². The fourth-order valence-electron chi connectivity index (χ4n) is 3.29. The maximum atomic E-state index is 11.9. The van der Waals surface area contributed by atoms with Crippen molar-refractivity contribution in [2.45, 2.75) is 13.5 Å². The first-order valence-corrected chi connectivity index (χ1v) is 8.27. The average molecular weight is 353 g/mol. The van der Waals surface area contributed by atoms with Gasteiger partial charge in [-0.05, 0) is 36.8 Å². The summed E-state index contributed by atoms with van der Waals surface area (Å²) in [5.74, 6) is 2.14. The topological polar surface area (TPSA) is 61.1 Å². The molecule has 0 N–H and O–H groups in total. The van der Waals surface area contributed by atoms with Crippen LogP contribution in [0.25, 0.3) is 11.0 Å². The molecule has 1 aliphatic rings. The molecule has 6 heteroatoms. The van der Waals surface area contributed by atoms with E-state index in [0.717, 1.165) is 33.7 Å². The number of nitrogens with zero attached hydrogens (tertiary/aromatic N) is 1. The van der Waals surface area contributed by atoms with Crippen LogP contribution in [0.3, 0.4) is 0 Å². The zero-order valence-corrected chi connectivity index (χ0v) is 14.9. The molecule has 1 aromatic heterocycles. The smallest absolute Gasteiger partial charge is 0.336 e. The van der Waals surface area contributed by atoms with Crippen LogP contribution in [0.2, 0.25) is 0 Å². The van der Waals surface area contributed by atoms with Crippen LogP contribution in [-0.4, -0.2) is 21.0 Å². The van der Waals surface area contributed by atoms with E-state index in [-0.39, 0.29) is 5.63 Å². The molecule has 0 aliphatic carbocycles. The lowest BCUT2D eigenvalue weighted by Gasteiger charge is -2.32. The molecule has 0 unspecified atom stereocenters. The summed E-state index contributed by atoms with van der Waals surface area (Å²) in [6, 6.07) is 11.0. The Bertz CT molecular complexity index is 1040. The van der Waals surface area contributed by atoms with Gasteiger partial charge < -0.3 is 23.5 Å². The monoisotopic (exact) mass is 353 g/mol. The maximum Gasteiger partial charge on any atom is 0.336 e. The summed E-state index contributed by atoms with van der Waals surface area (Å²) in [7, 11) is 3.24. The molecule has 2 aromatic carbocycles. The number of benzene rings is 2. The number of fused-ring (bicyclic) bond motifs is 3. The van der Waals surface area contributed by atoms with Crippen molar-refractivity contribution in [1.29, 1.82) is 0 Å². The van der Waals surface area contributed by atoms with Gasteiger partial charge in [0.25, 0.3) is 0 Å². The Kier molecular flexibility index (Phi) is 3.95. The molecule has 0 spiro atoms. The Morgan fingerprint density at radius 3 is 2.69 bits per heavy atom. The molecular weight excluding hydrogens is 334 g/mol. The van der Waals surface area contributed by atoms with E-state index in [1.165, 1.54) is 6.07 Å². The maximum absolute atomic E-state index is 11.9. The third kappa shape index (κ3) is 2.63. The Morgan fingerprint density at radius 1 is 1.08 bits per heavy atom. The van der Waals surface area contributed by atoms with Gasteiger partial charge in [0.1, 0.15) is 22.8 Å². The van der Waals surface area contributed by atoms with Gasteiger partial charge in [-0.2, -0.15) is 0 Å². The van der Waals surface area contributed by atoms with Gasteiger partial charge in [0.15, 0.2) is 6.73 Å². The second-order valence-corrected chi connectivity index (χ2v) is 6.18. The standard InChI is InChI=1S/C20H19NO5/c1-12-8-19(22)26-20-14(12)5-7-17-15(20)10-21(11-25-17)16-6-4-13(23-2)9-18(16)24-3/h4-9H,10-11H2,1-3H3. The summed E-state index contributed by atoms with van der Waals surface area (Å²) in [4.78, 5) is 13.9. The molecule has 2 heterocycles. The predicted octanol–water partition coefficient (Wildman–Crippen LogP) is 3.48. The third-order valence-electron chi connectivity index (χ3n) is 4.63. The SMILES string of the molecule is COc1ccc(N2COc3ccc4c(C)cc(=O)oc4c3C2)c(OC)c1. The minimum Gasteiger partial charge on any atom is -0.497 e. The summed E-state index contributed by atoms with van der Waals surface area (Å²) in [6.07, 6.45) is 0. The van der Waals surface area contributed by atoms with E-state index in [1.54, 1.807) is 14.2 Å². The van der Waals surface area contributed by atoms with E-state index >= 15 is 0 Å². The predicted molar refractivity (Wildman–Crippen MR) is 98.4 cm³/mol. The average Bonchev–Trinajstić information content (AvgIpc) is 2.66. The molecule has 6 nitrogen and oxygen atoms in total. The lowest BCUT2D eigenvalue weighted by atomic mass is 10.0. The van der Waals surface area contributed by atoms with Crippen molar-refractivity contribution in [2.24, 2.45) is 0 Å². The fraction of sp³-hybridized carbons (Fsp3) is 0.250. The van der Waals surface area contributed by atoms with Crippen molar-refractivity contribution >= 4 is 16.7 Å². The molecule has 1 aliphatic heterocycles. The zero-order chi connectivity index (χ0) is 18.3. The van der Waals surface area contributed by atoms with Crippen molar-refractivity contribution in [3.8, 4) is 17.2 Å². The van der Waals surface area contributed by atoms with Crippen LogP contribution in [0, 0.1) is 6.92 Å². The van der Waals surface area contributed by atoms with Crippen molar-refractivity contribution in [3.63, 3.8) is 0 Å². The largest absolute Gasteiger partial charge is 0.497 e. The molecule has 0 saturated carbocycles. The second kappa shape index (κ2) is 6.29. The summed E-state index contributed by atoms with van der Waals surface area (Å²) in [5, 5.41) is 0.912. The summed E-state index contributed by atoms with van der Waals surface area (Å²) >= 11 is 0. The summed E-state index contributed by atoms with van der Waals surface area (Å²) < 4.78 is 22.2. The van der Waals surface area contributed by atoms with Crippen LogP contribution >= 0.6 is 0 Å². The molecule has 0 atom stereocenters. The molecule has 0 fully saturated rings. The van der Waals surface area contributed by atoms with Gasteiger partial charge in [0.05, 0.1) is 32.0 Å². The molecule has 4 rings (SSSR count). The number of hydrogen-bond acceptors (Lipinski definition) is 6. The van der Waals surface area contributed by atoms with E-state index in [4.69, 9.17) is 18.6 Å². The van der Waals surface area contributed by atoms with Crippen LogP contribution in [0.5, 0.6) is 17.2 Å². The van der Waals surface area contributed by atoms with Gasteiger partial charge in [0.2, 0.25) is 0 Å². The van der Waals surface area contributed by atoms with Gasteiger partial charge in [-0.1, -0.05) is 0 Å². The van der Waals surface area contributed by atoms with Crippen molar-refractivity contribution in [1.82, 2.24) is 0 Å². The van der Waals surface area contributed by atoms with E-state index in [0.29, 0.717) is 24.6 Å². The van der Waals surface area contributed by atoms with Crippen LogP contribution in [-0.2, 0) is 6.54 Å². The van der Waals surface area contributed by atoms with Crippen LogP contribution in [0.15, 0.2) is 45.6 Å². The van der Waals surface area contributed by atoms with Crippen LogP contribution in [0.4, 0.5) is 5.69 Å². The highest BCUT2D eigenvalue weighted by Gasteiger charge is 2.24. The van der Waals surface area contributed by atoms with Gasteiger partial charge in [-0.25, -0.2) is 4.79 Å². The number of ether oxygens (including phenoxy) is 3. The van der Waals surface area contributed by atoms with Crippen molar-refractivity contribution < 1.29 is 18.6 Å². The highest BCUT2D eigenvalue weighted by atomic mass is 16.5. The highest BCUT2D eigenvalue weighted by molar-refractivity contribution is 5.85. The van der Waals surface area contributed by atoms with Gasteiger partial charge >= 0.3 is 5.63 Å². The summed E-state index contributed by atoms with van der Waals surface area (Å²) in [6.45, 7) is 2.82. The van der Waals surface area contributed by atoms with Crippen molar-refractivity contribution in [3.05, 3.63) is 57.9 Å². The minimum absolute atomic E-state index is 0.359. The number of rotatable bonds is 3. The molecular formula is C20H19NO5. The van der Waals surface area contributed by atoms with E-state index in [9.17, 15) is 4.79 Å². The number of anilines is 1.